The third kappa shape index (κ3) is 1.65. The zero-order valence-corrected chi connectivity index (χ0v) is 8.58. The van der Waals surface area contributed by atoms with Crippen molar-refractivity contribution in [1.82, 2.24) is 14.8 Å². The van der Waals surface area contributed by atoms with Crippen LogP contribution in [0.25, 0.3) is 11.0 Å². The Kier molecular flexibility index (Phi) is 2.63. The van der Waals surface area contributed by atoms with Crippen molar-refractivity contribution >= 4 is 17.3 Å². The number of methoxy groups -OCH3 is 1. The number of rotatable bonds is 3. The molecule has 1 aromatic heterocycles. The number of fused-ring (bicyclic) bond motifs is 1. The number of aldehydes is 1. The topological polar surface area (TPSA) is 74.1 Å². The molecule has 0 N–H and O–H groups in total. The van der Waals surface area contributed by atoms with Gasteiger partial charge in [-0.05, 0) is 12.1 Å². The summed E-state index contributed by atoms with van der Waals surface area (Å²) in [6.07, 6.45) is 0.641. The molecule has 0 fully saturated rings. The van der Waals surface area contributed by atoms with E-state index >= 15 is 0 Å². The quantitative estimate of drug-likeness (QED) is 0.679. The van der Waals surface area contributed by atoms with Crippen LogP contribution in [0.3, 0.4) is 0 Å². The van der Waals surface area contributed by atoms with Crippen LogP contribution >= 0.6 is 0 Å². The van der Waals surface area contributed by atoms with Crippen LogP contribution < -0.4 is 10.4 Å². The van der Waals surface area contributed by atoms with Crippen LogP contribution in [-0.2, 0) is 11.3 Å². The molecule has 2 aromatic rings. The molecule has 6 nitrogen and oxygen atoms in total. The van der Waals surface area contributed by atoms with Crippen LogP contribution in [0.5, 0.6) is 5.75 Å². The standard InChI is InChI=1S/C10H9N3O3/c1-16-7-2-3-8-9(6-7)13(4-5-14)10(15)12-11-8/h2-3,5-6H,4H2,1H3. The van der Waals surface area contributed by atoms with Gasteiger partial charge in [-0.15, -0.1) is 5.10 Å². The Bertz CT molecular complexity index is 591. The summed E-state index contributed by atoms with van der Waals surface area (Å²) in [5, 5.41) is 7.18. The van der Waals surface area contributed by atoms with Crippen LogP contribution in [-0.4, -0.2) is 28.2 Å². The van der Waals surface area contributed by atoms with Crippen molar-refractivity contribution in [1.29, 1.82) is 0 Å². The maximum absolute atomic E-state index is 11.4. The second-order valence-electron chi connectivity index (χ2n) is 3.11. The van der Waals surface area contributed by atoms with E-state index in [0.717, 1.165) is 0 Å². The number of hydrogen-bond acceptors (Lipinski definition) is 5. The van der Waals surface area contributed by atoms with Gasteiger partial charge in [0.2, 0.25) is 0 Å². The van der Waals surface area contributed by atoms with Gasteiger partial charge in [0.05, 0.1) is 19.2 Å². The minimum atomic E-state index is -0.548. The Labute approximate surface area is 90.5 Å². The summed E-state index contributed by atoms with van der Waals surface area (Å²) in [6, 6.07) is 5.05. The van der Waals surface area contributed by atoms with Crippen LogP contribution in [0.15, 0.2) is 23.0 Å². The Morgan fingerprint density at radius 2 is 2.25 bits per heavy atom. The van der Waals surface area contributed by atoms with Gasteiger partial charge in [0.15, 0.2) is 0 Å². The molecule has 82 valence electrons. The van der Waals surface area contributed by atoms with Crippen LogP contribution in [0.1, 0.15) is 0 Å². The lowest BCUT2D eigenvalue weighted by Crippen LogP contribution is -2.25. The van der Waals surface area contributed by atoms with Crippen molar-refractivity contribution in [3.63, 3.8) is 0 Å². The first-order valence-electron chi connectivity index (χ1n) is 4.61. The highest BCUT2D eigenvalue weighted by atomic mass is 16.5. The number of ether oxygens (including phenoxy) is 1. The minimum Gasteiger partial charge on any atom is -0.497 e. The summed E-state index contributed by atoms with van der Waals surface area (Å²) in [7, 11) is 1.53. The molecular weight excluding hydrogens is 210 g/mol. The second kappa shape index (κ2) is 4.09. The molecule has 0 saturated carbocycles. The highest BCUT2D eigenvalue weighted by Gasteiger charge is 2.06. The smallest absolute Gasteiger partial charge is 0.367 e. The molecule has 0 bridgehead atoms. The van der Waals surface area contributed by atoms with Crippen molar-refractivity contribution in [2.24, 2.45) is 0 Å². The summed E-state index contributed by atoms with van der Waals surface area (Å²) in [6.45, 7) is -0.0436. The largest absolute Gasteiger partial charge is 0.497 e. The number of carbonyl (C=O) groups is 1. The zero-order valence-electron chi connectivity index (χ0n) is 8.58. The SMILES string of the molecule is COc1ccc2nnc(=O)n(CC=O)c2c1. The molecule has 0 spiro atoms. The van der Waals surface area contributed by atoms with Gasteiger partial charge in [0, 0.05) is 6.07 Å². The fourth-order valence-electron chi connectivity index (χ4n) is 1.44. The summed E-state index contributed by atoms with van der Waals surface area (Å²) in [5.41, 5.74) is 0.529. The normalized spacial score (nSPS) is 10.3. The summed E-state index contributed by atoms with van der Waals surface area (Å²) in [5.74, 6) is 0.597. The molecule has 0 amide bonds. The van der Waals surface area contributed by atoms with Gasteiger partial charge in [-0.1, -0.05) is 5.10 Å². The maximum Gasteiger partial charge on any atom is 0.367 e. The van der Waals surface area contributed by atoms with E-state index in [1.54, 1.807) is 18.2 Å². The molecule has 6 heteroatoms. The summed E-state index contributed by atoms with van der Waals surface area (Å²) >= 11 is 0. The van der Waals surface area contributed by atoms with Gasteiger partial charge in [-0.3, -0.25) is 4.57 Å². The van der Waals surface area contributed by atoms with E-state index in [9.17, 15) is 9.59 Å². The molecule has 1 aromatic carbocycles. The van der Waals surface area contributed by atoms with E-state index in [2.05, 4.69) is 10.2 Å². The van der Waals surface area contributed by atoms with Crippen LogP contribution in [0.2, 0.25) is 0 Å². The zero-order chi connectivity index (χ0) is 11.5. The van der Waals surface area contributed by atoms with Gasteiger partial charge < -0.3 is 9.53 Å². The monoisotopic (exact) mass is 219 g/mol. The molecule has 2 rings (SSSR count). The first kappa shape index (κ1) is 10.3. The van der Waals surface area contributed by atoms with Gasteiger partial charge >= 0.3 is 5.69 Å². The van der Waals surface area contributed by atoms with Crippen LogP contribution in [0, 0.1) is 0 Å². The van der Waals surface area contributed by atoms with Gasteiger partial charge in [0.1, 0.15) is 17.6 Å². The third-order valence-corrected chi connectivity index (χ3v) is 2.20. The first-order chi connectivity index (χ1) is 7.76. The Hall–Kier alpha value is -2.24. The fourth-order valence-corrected chi connectivity index (χ4v) is 1.44. The summed E-state index contributed by atoms with van der Waals surface area (Å²) in [4.78, 5) is 21.9. The maximum atomic E-state index is 11.4. The van der Waals surface area contributed by atoms with E-state index < -0.39 is 5.69 Å². The molecule has 0 aliphatic heterocycles. The van der Waals surface area contributed by atoms with Gasteiger partial charge in [0.25, 0.3) is 0 Å². The van der Waals surface area contributed by atoms with E-state index in [4.69, 9.17) is 4.74 Å². The molecule has 0 saturated heterocycles. The second-order valence-corrected chi connectivity index (χ2v) is 3.11. The molecule has 16 heavy (non-hydrogen) atoms. The van der Waals surface area contributed by atoms with Crippen molar-refractivity contribution in [2.75, 3.05) is 7.11 Å². The average Bonchev–Trinajstić information content (AvgIpc) is 2.32. The van der Waals surface area contributed by atoms with E-state index in [1.165, 1.54) is 11.7 Å². The molecular formula is C10H9N3O3. The first-order valence-corrected chi connectivity index (χ1v) is 4.61. The lowest BCUT2D eigenvalue weighted by atomic mass is 10.3. The lowest BCUT2D eigenvalue weighted by Gasteiger charge is -2.06. The Morgan fingerprint density at radius 3 is 2.94 bits per heavy atom. The van der Waals surface area contributed by atoms with Crippen molar-refractivity contribution in [2.45, 2.75) is 6.54 Å². The highest BCUT2D eigenvalue weighted by molar-refractivity contribution is 5.76. The van der Waals surface area contributed by atoms with Crippen molar-refractivity contribution in [3.8, 4) is 5.75 Å². The highest BCUT2D eigenvalue weighted by Crippen LogP contribution is 2.16. The molecule has 1 heterocycles. The third-order valence-electron chi connectivity index (χ3n) is 2.20. The predicted octanol–water partition coefficient (Wildman–Crippen LogP) is -0.00100. The van der Waals surface area contributed by atoms with Crippen molar-refractivity contribution in [3.05, 3.63) is 28.7 Å². The van der Waals surface area contributed by atoms with E-state index in [0.29, 0.717) is 23.1 Å². The molecule has 0 aliphatic rings. The molecule has 0 aliphatic carbocycles. The fraction of sp³-hybridized carbons (Fsp3) is 0.200. The van der Waals surface area contributed by atoms with Gasteiger partial charge in [-0.25, -0.2) is 4.79 Å². The summed E-state index contributed by atoms with van der Waals surface area (Å²) < 4.78 is 6.29. The molecule has 0 unspecified atom stereocenters. The van der Waals surface area contributed by atoms with Gasteiger partial charge in [-0.2, -0.15) is 0 Å². The number of benzene rings is 1. The predicted molar refractivity (Wildman–Crippen MR) is 56.4 cm³/mol. The average molecular weight is 219 g/mol. The molecule has 0 atom stereocenters. The number of aromatic nitrogens is 3. The Balaban J connectivity index is 2.77. The number of carbonyl (C=O) groups excluding carboxylic acids is 1. The van der Waals surface area contributed by atoms with E-state index in [1.807, 2.05) is 0 Å². The molecule has 0 radical (unpaired) electrons. The lowest BCUT2D eigenvalue weighted by molar-refractivity contribution is -0.108. The number of hydrogen-bond donors (Lipinski definition) is 0. The van der Waals surface area contributed by atoms with E-state index in [-0.39, 0.29) is 6.54 Å². The van der Waals surface area contributed by atoms with Crippen molar-refractivity contribution < 1.29 is 9.53 Å². The Morgan fingerprint density at radius 1 is 1.44 bits per heavy atom. The number of nitrogens with zero attached hydrogens (tertiary/aromatic N) is 3. The minimum absolute atomic E-state index is 0.0436. The van der Waals surface area contributed by atoms with Crippen LogP contribution in [0.4, 0.5) is 0 Å².